The number of aromatic nitrogens is 3. The largest absolute Gasteiger partial charge is 0.350 e. The van der Waals surface area contributed by atoms with Crippen molar-refractivity contribution < 1.29 is 0 Å². The molecule has 2 heterocycles. The summed E-state index contributed by atoms with van der Waals surface area (Å²) in [5, 5.41) is 3.42. The second-order valence-electron chi connectivity index (χ2n) is 2.90. The van der Waals surface area contributed by atoms with E-state index in [0.29, 0.717) is 12.0 Å². The topological polar surface area (TPSA) is 50.7 Å². The molecule has 1 fully saturated rings. The first-order valence-electron chi connectivity index (χ1n) is 4.15. The highest BCUT2D eigenvalue weighted by Crippen LogP contribution is 2.20. The fraction of sp³-hybridized carbons (Fsp3) is 0.571. The molecule has 0 bridgehead atoms. The smallest absolute Gasteiger partial charge is 0.228 e. The maximum absolute atomic E-state index is 5.64. The minimum atomic E-state index is 0.123. The molecule has 1 unspecified atom stereocenters. The van der Waals surface area contributed by atoms with Crippen LogP contribution >= 0.6 is 35.0 Å². The van der Waals surface area contributed by atoms with Crippen LogP contribution in [-0.2, 0) is 0 Å². The van der Waals surface area contributed by atoms with Crippen molar-refractivity contribution in [2.75, 3.05) is 16.8 Å². The molecule has 0 aliphatic carbocycles. The highest BCUT2D eigenvalue weighted by Gasteiger charge is 2.16. The summed E-state index contributed by atoms with van der Waals surface area (Å²) >= 11 is 13.2. The second-order valence-corrected chi connectivity index (χ2v) is 4.73. The molecule has 2 rings (SSSR count). The minimum absolute atomic E-state index is 0.123. The maximum atomic E-state index is 5.64. The molecule has 1 aromatic heterocycles. The third-order valence-electron chi connectivity index (χ3n) is 1.84. The van der Waals surface area contributed by atoms with Crippen LogP contribution in [-0.4, -0.2) is 32.5 Å². The first-order chi connectivity index (χ1) is 6.74. The van der Waals surface area contributed by atoms with E-state index in [1.807, 2.05) is 11.8 Å². The lowest BCUT2D eigenvalue weighted by Crippen LogP contribution is -2.20. The molecule has 7 heteroatoms. The summed E-state index contributed by atoms with van der Waals surface area (Å²) in [4.78, 5) is 11.5. The van der Waals surface area contributed by atoms with Crippen LogP contribution in [0.2, 0.25) is 10.6 Å². The van der Waals surface area contributed by atoms with Crippen molar-refractivity contribution in [2.45, 2.75) is 12.5 Å². The van der Waals surface area contributed by atoms with E-state index in [4.69, 9.17) is 23.2 Å². The quantitative estimate of drug-likeness (QED) is 0.872. The summed E-state index contributed by atoms with van der Waals surface area (Å²) < 4.78 is 0. The van der Waals surface area contributed by atoms with Gasteiger partial charge in [0.05, 0.1) is 0 Å². The standard InChI is InChI=1S/C7H8Cl2N4S/c8-5-11-6(9)13-7(12-5)10-4-1-2-14-3-4/h4H,1-3H2,(H,10,11,12,13). The Bertz CT molecular complexity index is 309. The van der Waals surface area contributed by atoms with Crippen LogP contribution < -0.4 is 5.32 Å². The van der Waals surface area contributed by atoms with Crippen LogP contribution in [0, 0.1) is 0 Å². The van der Waals surface area contributed by atoms with Crippen molar-refractivity contribution in [1.29, 1.82) is 0 Å². The Morgan fingerprint density at radius 2 is 1.93 bits per heavy atom. The van der Waals surface area contributed by atoms with Crippen LogP contribution in [0.25, 0.3) is 0 Å². The SMILES string of the molecule is Clc1nc(Cl)nc(NC2CCSC2)n1. The van der Waals surface area contributed by atoms with Gasteiger partial charge in [0, 0.05) is 11.8 Å². The fourth-order valence-electron chi connectivity index (χ4n) is 1.22. The Hall–Kier alpha value is -0.260. The summed E-state index contributed by atoms with van der Waals surface area (Å²) in [6.07, 6.45) is 1.12. The van der Waals surface area contributed by atoms with Crippen molar-refractivity contribution >= 4 is 40.9 Å². The average molecular weight is 251 g/mol. The maximum Gasteiger partial charge on any atom is 0.228 e. The number of anilines is 1. The lowest BCUT2D eigenvalue weighted by atomic mass is 10.3. The summed E-state index contributed by atoms with van der Waals surface area (Å²) in [5.41, 5.74) is 0. The molecule has 1 aliphatic rings. The summed E-state index contributed by atoms with van der Waals surface area (Å²) in [7, 11) is 0. The van der Waals surface area contributed by atoms with E-state index >= 15 is 0 Å². The van der Waals surface area contributed by atoms with Crippen LogP contribution in [0.15, 0.2) is 0 Å². The number of nitrogens with zero attached hydrogens (tertiary/aromatic N) is 3. The first-order valence-corrected chi connectivity index (χ1v) is 6.06. The Morgan fingerprint density at radius 1 is 1.21 bits per heavy atom. The molecule has 0 amide bonds. The van der Waals surface area contributed by atoms with E-state index in [2.05, 4.69) is 20.3 Å². The van der Waals surface area contributed by atoms with Crippen molar-refractivity contribution in [3.8, 4) is 0 Å². The van der Waals surface area contributed by atoms with Crippen LogP contribution in [0.3, 0.4) is 0 Å². The number of nitrogens with one attached hydrogen (secondary N) is 1. The number of thioether (sulfide) groups is 1. The highest BCUT2D eigenvalue weighted by molar-refractivity contribution is 7.99. The van der Waals surface area contributed by atoms with Crippen molar-refractivity contribution in [2.24, 2.45) is 0 Å². The molecular formula is C7H8Cl2N4S. The molecule has 0 aromatic carbocycles. The van der Waals surface area contributed by atoms with Gasteiger partial charge in [0.2, 0.25) is 16.5 Å². The van der Waals surface area contributed by atoms with Crippen molar-refractivity contribution in [1.82, 2.24) is 15.0 Å². The molecule has 1 saturated heterocycles. The van der Waals surface area contributed by atoms with Gasteiger partial charge in [0.15, 0.2) is 0 Å². The van der Waals surface area contributed by atoms with Gasteiger partial charge in [-0.25, -0.2) is 0 Å². The van der Waals surface area contributed by atoms with E-state index in [0.717, 1.165) is 12.2 Å². The third kappa shape index (κ3) is 2.62. The van der Waals surface area contributed by atoms with E-state index in [-0.39, 0.29) is 10.6 Å². The lowest BCUT2D eigenvalue weighted by Gasteiger charge is -2.10. The molecule has 1 N–H and O–H groups in total. The molecule has 1 aliphatic heterocycles. The zero-order valence-corrected chi connectivity index (χ0v) is 9.53. The van der Waals surface area contributed by atoms with E-state index in [1.165, 1.54) is 5.75 Å². The normalized spacial score (nSPS) is 21.1. The summed E-state index contributed by atoms with van der Waals surface area (Å²) in [6.45, 7) is 0. The predicted molar refractivity (Wildman–Crippen MR) is 59.2 cm³/mol. The molecule has 4 nitrogen and oxygen atoms in total. The van der Waals surface area contributed by atoms with Gasteiger partial charge in [-0.15, -0.1) is 0 Å². The monoisotopic (exact) mass is 250 g/mol. The van der Waals surface area contributed by atoms with Gasteiger partial charge in [-0.05, 0) is 35.4 Å². The average Bonchev–Trinajstić information content (AvgIpc) is 2.54. The second kappa shape index (κ2) is 4.51. The Morgan fingerprint density at radius 3 is 2.50 bits per heavy atom. The van der Waals surface area contributed by atoms with Gasteiger partial charge in [0.25, 0.3) is 0 Å². The first kappa shape index (κ1) is 10.3. The number of hydrogen-bond donors (Lipinski definition) is 1. The molecule has 0 spiro atoms. The highest BCUT2D eigenvalue weighted by atomic mass is 35.5. The number of rotatable bonds is 2. The molecule has 0 radical (unpaired) electrons. The molecule has 76 valence electrons. The lowest BCUT2D eigenvalue weighted by molar-refractivity contribution is 0.795. The third-order valence-corrected chi connectivity index (χ3v) is 3.34. The minimum Gasteiger partial charge on any atom is -0.350 e. The Labute approximate surface area is 95.8 Å². The van der Waals surface area contributed by atoms with E-state index < -0.39 is 0 Å². The Kier molecular flexibility index (Phi) is 3.30. The molecule has 1 aromatic rings. The van der Waals surface area contributed by atoms with Gasteiger partial charge in [-0.2, -0.15) is 26.7 Å². The van der Waals surface area contributed by atoms with E-state index in [9.17, 15) is 0 Å². The zero-order valence-electron chi connectivity index (χ0n) is 7.20. The van der Waals surface area contributed by atoms with Gasteiger partial charge >= 0.3 is 0 Å². The summed E-state index contributed by atoms with van der Waals surface area (Å²) in [5.74, 6) is 2.70. The van der Waals surface area contributed by atoms with Crippen LogP contribution in [0.5, 0.6) is 0 Å². The van der Waals surface area contributed by atoms with Gasteiger partial charge in [-0.1, -0.05) is 0 Å². The van der Waals surface area contributed by atoms with Crippen molar-refractivity contribution in [3.05, 3.63) is 10.6 Å². The molecule has 0 saturated carbocycles. The molecule has 14 heavy (non-hydrogen) atoms. The van der Waals surface area contributed by atoms with E-state index in [1.54, 1.807) is 0 Å². The van der Waals surface area contributed by atoms with Gasteiger partial charge in [-0.3, -0.25) is 0 Å². The van der Waals surface area contributed by atoms with Crippen molar-refractivity contribution in [3.63, 3.8) is 0 Å². The predicted octanol–water partition coefficient (Wildman–Crippen LogP) is 2.10. The number of hydrogen-bond acceptors (Lipinski definition) is 5. The van der Waals surface area contributed by atoms with Crippen LogP contribution in [0.1, 0.15) is 6.42 Å². The van der Waals surface area contributed by atoms with Gasteiger partial charge in [0.1, 0.15) is 0 Å². The number of halogens is 2. The summed E-state index contributed by atoms with van der Waals surface area (Å²) in [6, 6.07) is 0.412. The molecule has 1 atom stereocenters. The van der Waals surface area contributed by atoms with Gasteiger partial charge < -0.3 is 5.32 Å². The zero-order chi connectivity index (χ0) is 9.97. The fourth-order valence-corrected chi connectivity index (χ4v) is 2.74. The van der Waals surface area contributed by atoms with Crippen LogP contribution in [0.4, 0.5) is 5.95 Å². The molecular weight excluding hydrogens is 243 g/mol. The Balaban J connectivity index is 2.07.